The third-order valence-electron chi connectivity index (χ3n) is 4.49. The van der Waals surface area contributed by atoms with Crippen LogP contribution in [0.2, 0.25) is 0 Å². The van der Waals surface area contributed by atoms with E-state index in [1.807, 2.05) is 13.8 Å². The molecule has 2 aliphatic rings. The molecule has 2 aliphatic heterocycles. The van der Waals surface area contributed by atoms with Crippen LogP contribution in [0.15, 0.2) is 0 Å². The Morgan fingerprint density at radius 1 is 1.17 bits per heavy atom. The van der Waals surface area contributed by atoms with E-state index in [0.29, 0.717) is 0 Å². The molecule has 106 valence electrons. The summed E-state index contributed by atoms with van der Waals surface area (Å²) in [5.74, 6) is 0. The summed E-state index contributed by atoms with van der Waals surface area (Å²) in [4.78, 5) is 2.63. The molecule has 0 aliphatic carbocycles. The lowest BCUT2D eigenvalue weighted by Gasteiger charge is -2.38. The van der Waals surface area contributed by atoms with Crippen molar-refractivity contribution in [1.82, 2.24) is 10.2 Å². The molecule has 0 aromatic rings. The molecule has 0 spiro atoms. The summed E-state index contributed by atoms with van der Waals surface area (Å²) in [6, 6.07) is 2.26. The van der Waals surface area contributed by atoms with Crippen molar-refractivity contribution in [3.05, 3.63) is 0 Å². The highest BCUT2D eigenvalue weighted by atomic mass is 16.3. The second-order valence-corrected chi connectivity index (χ2v) is 6.86. The third-order valence-corrected chi connectivity index (χ3v) is 4.49. The van der Waals surface area contributed by atoms with Crippen LogP contribution in [0.5, 0.6) is 0 Å². The van der Waals surface area contributed by atoms with E-state index in [1.165, 1.54) is 38.6 Å². The standard InChI is InChI=1S/C15H30N2O/c1-4-8-17(9-7-15(2,3)18)14-10-12-5-6-13(11-14)16-12/h12-14,16,18H,4-11H2,1-3H3. The van der Waals surface area contributed by atoms with Gasteiger partial charge in [-0.3, -0.25) is 0 Å². The minimum absolute atomic E-state index is 0.530. The van der Waals surface area contributed by atoms with Crippen molar-refractivity contribution < 1.29 is 5.11 Å². The van der Waals surface area contributed by atoms with Crippen molar-refractivity contribution in [3.63, 3.8) is 0 Å². The van der Waals surface area contributed by atoms with E-state index in [-0.39, 0.29) is 0 Å². The molecule has 0 radical (unpaired) electrons. The Kier molecular flexibility index (Phi) is 4.68. The Labute approximate surface area is 112 Å². The van der Waals surface area contributed by atoms with Crippen molar-refractivity contribution in [3.8, 4) is 0 Å². The van der Waals surface area contributed by atoms with Crippen LogP contribution >= 0.6 is 0 Å². The van der Waals surface area contributed by atoms with E-state index < -0.39 is 5.60 Å². The number of aliphatic hydroxyl groups is 1. The molecule has 2 saturated heterocycles. The summed E-state index contributed by atoms with van der Waals surface area (Å²) < 4.78 is 0. The number of fused-ring (bicyclic) bond motifs is 2. The number of rotatable bonds is 6. The minimum Gasteiger partial charge on any atom is -0.390 e. The topological polar surface area (TPSA) is 35.5 Å². The first kappa shape index (κ1) is 14.3. The van der Waals surface area contributed by atoms with Gasteiger partial charge < -0.3 is 15.3 Å². The Morgan fingerprint density at radius 3 is 2.28 bits per heavy atom. The van der Waals surface area contributed by atoms with Crippen LogP contribution in [-0.2, 0) is 0 Å². The molecule has 2 atom stereocenters. The second-order valence-electron chi connectivity index (χ2n) is 6.86. The molecule has 0 aromatic heterocycles. The van der Waals surface area contributed by atoms with Crippen LogP contribution in [0.1, 0.15) is 59.3 Å². The maximum absolute atomic E-state index is 9.91. The molecule has 2 unspecified atom stereocenters. The zero-order valence-electron chi connectivity index (χ0n) is 12.3. The predicted octanol–water partition coefficient (Wildman–Crippen LogP) is 2.14. The molecule has 2 fully saturated rings. The van der Waals surface area contributed by atoms with E-state index in [0.717, 1.165) is 31.1 Å². The number of hydrogen-bond donors (Lipinski definition) is 2. The fraction of sp³-hybridized carbons (Fsp3) is 1.00. The summed E-state index contributed by atoms with van der Waals surface area (Å²) in [6.07, 6.45) is 7.45. The molecular formula is C15H30N2O. The molecule has 18 heavy (non-hydrogen) atoms. The van der Waals surface area contributed by atoms with Gasteiger partial charge in [-0.1, -0.05) is 6.92 Å². The van der Waals surface area contributed by atoms with Gasteiger partial charge >= 0.3 is 0 Å². The van der Waals surface area contributed by atoms with E-state index in [1.54, 1.807) is 0 Å². The highest BCUT2D eigenvalue weighted by Crippen LogP contribution is 2.30. The van der Waals surface area contributed by atoms with Gasteiger partial charge in [0.2, 0.25) is 0 Å². The lowest BCUT2D eigenvalue weighted by molar-refractivity contribution is 0.0448. The van der Waals surface area contributed by atoms with Crippen molar-refractivity contribution >= 4 is 0 Å². The monoisotopic (exact) mass is 254 g/mol. The summed E-state index contributed by atoms with van der Waals surface area (Å²) in [5, 5.41) is 13.6. The predicted molar refractivity (Wildman–Crippen MR) is 75.7 cm³/mol. The van der Waals surface area contributed by atoms with Crippen LogP contribution in [0.4, 0.5) is 0 Å². The number of nitrogens with one attached hydrogen (secondary N) is 1. The second kappa shape index (κ2) is 5.89. The third kappa shape index (κ3) is 3.94. The van der Waals surface area contributed by atoms with E-state index in [4.69, 9.17) is 0 Å². The maximum atomic E-state index is 9.91. The number of piperidine rings is 1. The fourth-order valence-electron chi connectivity index (χ4n) is 3.51. The molecule has 0 saturated carbocycles. The van der Waals surface area contributed by atoms with Gasteiger partial charge in [-0.2, -0.15) is 0 Å². The van der Waals surface area contributed by atoms with Gasteiger partial charge in [-0.05, 0) is 58.9 Å². The first-order valence-electron chi connectivity index (χ1n) is 7.70. The summed E-state index contributed by atoms with van der Waals surface area (Å²) in [6.45, 7) is 8.32. The Hall–Kier alpha value is -0.120. The smallest absolute Gasteiger partial charge is 0.0603 e. The van der Waals surface area contributed by atoms with Gasteiger partial charge in [0.25, 0.3) is 0 Å². The van der Waals surface area contributed by atoms with Crippen LogP contribution < -0.4 is 5.32 Å². The van der Waals surface area contributed by atoms with Gasteiger partial charge in [0.1, 0.15) is 0 Å². The number of nitrogens with zero attached hydrogens (tertiary/aromatic N) is 1. The normalized spacial score (nSPS) is 32.2. The number of hydrogen-bond acceptors (Lipinski definition) is 3. The van der Waals surface area contributed by atoms with Crippen molar-refractivity contribution in [2.75, 3.05) is 13.1 Å². The molecule has 0 aromatic carbocycles. The van der Waals surface area contributed by atoms with Gasteiger partial charge in [-0.15, -0.1) is 0 Å². The van der Waals surface area contributed by atoms with E-state index in [2.05, 4.69) is 17.1 Å². The largest absolute Gasteiger partial charge is 0.390 e. The summed E-state index contributed by atoms with van der Waals surface area (Å²) >= 11 is 0. The van der Waals surface area contributed by atoms with E-state index in [9.17, 15) is 5.11 Å². The Balaban J connectivity index is 1.88. The molecule has 3 nitrogen and oxygen atoms in total. The average molecular weight is 254 g/mol. The first-order chi connectivity index (χ1) is 8.48. The summed E-state index contributed by atoms with van der Waals surface area (Å²) in [5.41, 5.74) is -0.530. The molecule has 2 rings (SSSR count). The van der Waals surface area contributed by atoms with Crippen molar-refractivity contribution in [2.24, 2.45) is 0 Å². The van der Waals surface area contributed by atoms with Crippen LogP contribution in [0, 0.1) is 0 Å². The maximum Gasteiger partial charge on any atom is 0.0603 e. The molecule has 2 bridgehead atoms. The van der Waals surface area contributed by atoms with Crippen LogP contribution in [-0.4, -0.2) is 46.8 Å². The Bertz CT molecular complexity index is 250. The Morgan fingerprint density at radius 2 is 1.78 bits per heavy atom. The zero-order chi connectivity index (χ0) is 13.2. The van der Waals surface area contributed by atoms with Crippen molar-refractivity contribution in [2.45, 2.75) is 83.0 Å². The fourth-order valence-corrected chi connectivity index (χ4v) is 3.51. The van der Waals surface area contributed by atoms with Crippen LogP contribution in [0.3, 0.4) is 0 Å². The summed E-state index contributed by atoms with van der Waals surface area (Å²) in [7, 11) is 0. The van der Waals surface area contributed by atoms with Gasteiger partial charge in [-0.25, -0.2) is 0 Å². The molecule has 3 heteroatoms. The van der Waals surface area contributed by atoms with Gasteiger partial charge in [0.15, 0.2) is 0 Å². The van der Waals surface area contributed by atoms with Crippen LogP contribution in [0.25, 0.3) is 0 Å². The lowest BCUT2D eigenvalue weighted by atomic mass is 9.96. The lowest BCUT2D eigenvalue weighted by Crippen LogP contribution is -2.49. The molecule has 2 heterocycles. The van der Waals surface area contributed by atoms with Crippen molar-refractivity contribution in [1.29, 1.82) is 0 Å². The SMILES string of the molecule is CCCN(CCC(C)(C)O)C1CC2CCC(C1)N2. The van der Waals surface area contributed by atoms with Gasteiger partial charge in [0, 0.05) is 24.7 Å². The van der Waals surface area contributed by atoms with E-state index >= 15 is 0 Å². The highest BCUT2D eigenvalue weighted by molar-refractivity contribution is 4.95. The van der Waals surface area contributed by atoms with Gasteiger partial charge in [0.05, 0.1) is 5.60 Å². The average Bonchev–Trinajstić information content (AvgIpc) is 2.62. The minimum atomic E-state index is -0.530. The molecule has 0 amide bonds. The first-order valence-corrected chi connectivity index (χ1v) is 7.70. The highest BCUT2D eigenvalue weighted by Gasteiger charge is 2.35. The molecular weight excluding hydrogens is 224 g/mol. The molecule has 2 N–H and O–H groups in total. The quantitative estimate of drug-likeness (QED) is 0.762. The zero-order valence-corrected chi connectivity index (χ0v) is 12.3.